The second kappa shape index (κ2) is 5.99. The highest BCUT2D eigenvalue weighted by atomic mass is 79.9. The first-order chi connectivity index (χ1) is 9.75. The lowest BCUT2D eigenvalue weighted by atomic mass is 10.1. The van der Waals surface area contributed by atoms with Crippen molar-refractivity contribution in [1.29, 1.82) is 0 Å². The SMILES string of the molecule is CN(C1COCC1C(=O)O)S(=O)(=O)c1ccc(F)cc1Br. The van der Waals surface area contributed by atoms with Crippen LogP contribution in [0.5, 0.6) is 0 Å². The average Bonchev–Trinajstić information content (AvgIpc) is 2.86. The Morgan fingerprint density at radius 1 is 1.48 bits per heavy atom. The number of benzene rings is 1. The molecule has 2 atom stereocenters. The van der Waals surface area contributed by atoms with Gasteiger partial charge in [-0.2, -0.15) is 4.31 Å². The fourth-order valence-electron chi connectivity index (χ4n) is 2.16. The predicted molar refractivity (Wildman–Crippen MR) is 74.8 cm³/mol. The molecule has 1 saturated heterocycles. The molecule has 1 aromatic carbocycles. The van der Waals surface area contributed by atoms with E-state index in [-0.39, 0.29) is 22.6 Å². The number of rotatable bonds is 4. The molecule has 1 aliphatic heterocycles. The molecular formula is C12H13BrFNO5S. The first-order valence-corrected chi connectivity index (χ1v) is 8.22. The molecular weight excluding hydrogens is 369 g/mol. The van der Waals surface area contributed by atoms with Gasteiger partial charge in [-0.25, -0.2) is 12.8 Å². The Morgan fingerprint density at radius 2 is 2.14 bits per heavy atom. The lowest BCUT2D eigenvalue weighted by Crippen LogP contribution is -2.44. The number of carboxylic acid groups (broad SMARTS) is 1. The molecule has 1 fully saturated rings. The predicted octanol–water partition coefficient (Wildman–Crippen LogP) is 1.31. The molecule has 0 radical (unpaired) electrons. The molecule has 0 saturated carbocycles. The highest BCUT2D eigenvalue weighted by Crippen LogP contribution is 2.29. The molecule has 0 amide bonds. The maximum atomic E-state index is 13.1. The zero-order valence-corrected chi connectivity index (χ0v) is 13.4. The highest BCUT2D eigenvalue weighted by molar-refractivity contribution is 9.10. The number of hydrogen-bond donors (Lipinski definition) is 1. The second-order valence-corrected chi connectivity index (χ2v) is 7.47. The van der Waals surface area contributed by atoms with E-state index in [1.54, 1.807) is 0 Å². The van der Waals surface area contributed by atoms with Gasteiger partial charge in [0.05, 0.1) is 30.1 Å². The first kappa shape index (κ1) is 16.3. The van der Waals surface area contributed by atoms with E-state index in [0.717, 1.165) is 22.5 Å². The van der Waals surface area contributed by atoms with Gasteiger partial charge in [0.1, 0.15) is 5.82 Å². The minimum atomic E-state index is -3.96. The molecule has 2 unspecified atom stereocenters. The third-order valence-corrected chi connectivity index (χ3v) is 6.25. The summed E-state index contributed by atoms with van der Waals surface area (Å²) < 4.78 is 44.3. The Labute approximate surface area is 129 Å². The van der Waals surface area contributed by atoms with Crippen molar-refractivity contribution in [2.75, 3.05) is 20.3 Å². The number of halogens is 2. The van der Waals surface area contributed by atoms with Gasteiger partial charge in [-0.1, -0.05) is 0 Å². The molecule has 6 nitrogen and oxygen atoms in total. The quantitative estimate of drug-likeness (QED) is 0.849. The standard InChI is InChI=1S/C12H13BrFNO5S/c1-15(10-6-20-5-8(10)12(16)17)21(18,19)11-3-2-7(14)4-9(11)13/h2-4,8,10H,5-6H2,1H3,(H,16,17). The Hall–Kier alpha value is -1.03. The summed E-state index contributed by atoms with van der Waals surface area (Å²) in [6, 6.07) is 2.41. The summed E-state index contributed by atoms with van der Waals surface area (Å²) in [6.45, 7) is -0.0318. The van der Waals surface area contributed by atoms with E-state index in [2.05, 4.69) is 15.9 Å². The number of ether oxygens (including phenoxy) is 1. The van der Waals surface area contributed by atoms with Crippen molar-refractivity contribution >= 4 is 31.9 Å². The minimum Gasteiger partial charge on any atom is -0.481 e. The normalized spacial score (nSPS) is 22.7. The molecule has 116 valence electrons. The van der Waals surface area contributed by atoms with Crippen LogP contribution in [0.3, 0.4) is 0 Å². The van der Waals surface area contributed by atoms with E-state index < -0.39 is 33.8 Å². The van der Waals surface area contributed by atoms with E-state index in [1.165, 1.54) is 7.05 Å². The number of carboxylic acids is 1. The van der Waals surface area contributed by atoms with Crippen molar-refractivity contribution in [1.82, 2.24) is 4.31 Å². The fourth-order valence-corrected chi connectivity index (χ4v) is 4.54. The summed E-state index contributed by atoms with van der Waals surface area (Å²) in [5.74, 6) is -2.61. The van der Waals surface area contributed by atoms with Crippen molar-refractivity contribution in [2.45, 2.75) is 10.9 Å². The molecule has 0 aromatic heterocycles. The molecule has 0 bridgehead atoms. The van der Waals surface area contributed by atoms with Crippen LogP contribution < -0.4 is 0 Å². The van der Waals surface area contributed by atoms with Gasteiger partial charge in [0.15, 0.2) is 0 Å². The lowest BCUT2D eigenvalue weighted by Gasteiger charge is -2.26. The van der Waals surface area contributed by atoms with E-state index in [4.69, 9.17) is 9.84 Å². The fraction of sp³-hybridized carbons (Fsp3) is 0.417. The van der Waals surface area contributed by atoms with Crippen LogP contribution in [-0.2, 0) is 19.6 Å². The van der Waals surface area contributed by atoms with Crippen LogP contribution >= 0.6 is 15.9 Å². The number of likely N-dealkylation sites (N-methyl/N-ethyl adjacent to an activating group) is 1. The number of aliphatic carboxylic acids is 1. The van der Waals surface area contributed by atoms with E-state index in [1.807, 2.05) is 0 Å². The minimum absolute atomic E-state index is 0.00547. The van der Waals surface area contributed by atoms with Crippen LogP contribution in [0.15, 0.2) is 27.6 Å². The summed E-state index contributed by atoms with van der Waals surface area (Å²) in [7, 11) is -2.67. The van der Waals surface area contributed by atoms with Gasteiger partial charge in [-0.3, -0.25) is 4.79 Å². The smallest absolute Gasteiger partial charge is 0.310 e. The van der Waals surface area contributed by atoms with Crippen molar-refractivity contribution in [2.24, 2.45) is 5.92 Å². The van der Waals surface area contributed by atoms with Gasteiger partial charge in [0.2, 0.25) is 10.0 Å². The van der Waals surface area contributed by atoms with Crippen LogP contribution in [0, 0.1) is 11.7 Å². The van der Waals surface area contributed by atoms with Gasteiger partial charge < -0.3 is 9.84 Å². The zero-order chi connectivity index (χ0) is 15.8. The third-order valence-electron chi connectivity index (χ3n) is 3.39. The summed E-state index contributed by atoms with van der Waals surface area (Å²) in [4.78, 5) is 11.0. The second-order valence-electron chi connectivity index (χ2n) is 4.65. The monoisotopic (exact) mass is 381 g/mol. The van der Waals surface area contributed by atoms with Gasteiger partial charge in [0, 0.05) is 11.5 Å². The van der Waals surface area contributed by atoms with Gasteiger partial charge in [-0.15, -0.1) is 0 Å². The van der Waals surface area contributed by atoms with E-state index in [9.17, 15) is 17.6 Å². The van der Waals surface area contributed by atoms with Crippen molar-refractivity contribution in [3.05, 3.63) is 28.5 Å². The average molecular weight is 382 g/mol. The maximum absolute atomic E-state index is 13.1. The molecule has 1 aromatic rings. The van der Waals surface area contributed by atoms with Gasteiger partial charge in [-0.05, 0) is 34.1 Å². The summed E-state index contributed by atoms with van der Waals surface area (Å²) in [5.41, 5.74) is 0. The summed E-state index contributed by atoms with van der Waals surface area (Å²) in [6.07, 6.45) is 0. The molecule has 1 heterocycles. The molecule has 0 aliphatic carbocycles. The lowest BCUT2D eigenvalue weighted by molar-refractivity contribution is -0.142. The van der Waals surface area contributed by atoms with E-state index >= 15 is 0 Å². The number of hydrogen-bond acceptors (Lipinski definition) is 4. The van der Waals surface area contributed by atoms with Crippen LogP contribution in [-0.4, -0.2) is 50.1 Å². The van der Waals surface area contributed by atoms with Crippen molar-refractivity contribution in [3.8, 4) is 0 Å². The topological polar surface area (TPSA) is 83.9 Å². The van der Waals surface area contributed by atoms with Crippen LogP contribution in [0.1, 0.15) is 0 Å². The van der Waals surface area contributed by atoms with Gasteiger partial charge in [0.25, 0.3) is 0 Å². The van der Waals surface area contributed by atoms with Gasteiger partial charge >= 0.3 is 5.97 Å². The van der Waals surface area contributed by atoms with Crippen LogP contribution in [0.2, 0.25) is 0 Å². The largest absolute Gasteiger partial charge is 0.481 e. The third kappa shape index (κ3) is 3.10. The Bertz CT molecular complexity index is 666. The Kier molecular flexibility index (Phi) is 4.66. The zero-order valence-electron chi connectivity index (χ0n) is 11.0. The summed E-state index contributed by atoms with van der Waals surface area (Å²) in [5, 5.41) is 9.10. The van der Waals surface area contributed by atoms with Crippen LogP contribution in [0.4, 0.5) is 4.39 Å². The molecule has 2 rings (SSSR count). The summed E-state index contributed by atoms with van der Waals surface area (Å²) >= 11 is 3.01. The molecule has 21 heavy (non-hydrogen) atoms. The Balaban J connectivity index is 2.37. The molecule has 1 aliphatic rings. The molecule has 0 spiro atoms. The first-order valence-electron chi connectivity index (χ1n) is 5.99. The van der Waals surface area contributed by atoms with Crippen LogP contribution in [0.25, 0.3) is 0 Å². The Morgan fingerprint density at radius 3 is 2.71 bits per heavy atom. The molecule has 1 N–H and O–H groups in total. The number of nitrogens with zero attached hydrogens (tertiary/aromatic N) is 1. The highest BCUT2D eigenvalue weighted by Gasteiger charge is 2.41. The molecule has 9 heteroatoms. The number of carbonyl (C=O) groups is 1. The van der Waals surface area contributed by atoms with Crippen molar-refractivity contribution in [3.63, 3.8) is 0 Å². The van der Waals surface area contributed by atoms with E-state index in [0.29, 0.717) is 0 Å². The maximum Gasteiger partial charge on any atom is 0.310 e. The number of sulfonamides is 1. The van der Waals surface area contributed by atoms with Crippen molar-refractivity contribution < 1.29 is 27.4 Å².